The summed E-state index contributed by atoms with van der Waals surface area (Å²) in [6, 6.07) is 0.919. The summed E-state index contributed by atoms with van der Waals surface area (Å²) in [5.41, 5.74) is 0.268. The SMILES string of the molecule is COCC(CCC(C)(C)NC1CCOC1)NC(C)(C)C. The Labute approximate surface area is 125 Å². The van der Waals surface area contributed by atoms with Crippen LogP contribution in [0.15, 0.2) is 0 Å². The Bertz CT molecular complexity index is 268. The summed E-state index contributed by atoms with van der Waals surface area (Å²) in [4.78, 5) is 0. The van der Waals surface area contributed by atoms with Crippen molar-refractivity contribution in [2.75, 3.05) is 26.9 Å². The van der Waals surface area contributed by atoms with Gasteiger partial charge in [0, 0.05) is 36.9 Å². The van der Waals surface area contributed by atoms with Crippen LogP contribution in [0.3, 0.4) is 0 Å². The monoisotopic (exact) mass is 286 g/mol. The highest BCUT2D eigenvalue weighted by Crippen LogP contribution is 2.18. The Balaban J connectivity index is 2.39. The van der Waals surface area contributed by atoms with Gasteiger partial charge in [-0.3, -0.25) is 0 Å². The minimum absolute atomic E-state index is 0.125. The van der Waals surface area contributed by atoms with E-state index in [0.29, 0.717) is 12.1 Å². The molecule has 1 aliphatic heterocycles. The van der Waals surface area contributed by atoms with Gasteiger partial charge in [0.1, 0.15) is 0 Å². The van der Waals surface area contributed by atoms with Crippen molar-refractivity contribution in [2.24, 2.45) is 0 Å². The van der Waals surface area contributed by atoms with Crippen molar-refractivity contribution in [2.45, 2.75) is 77.0 Å². The summed E-state index contributed by atoms with van der Waals surface area (Å²) >= 11 is 0. The van der Waals surface area contributed by atoms with E-state index in [0.717, 1.165) is 39.1 Å². The average molecular weight is 286 g/mol. The molecule has 1 heterocycles. The van der Waals surface area contributed by atoms with Gasteiger partial charge in [-0.25, -0.2) is 0 Å². The van der Waals surface area contributed by atoms with Crippen LogP contribution in [0.5, 0.6) is 0 Å². The third-order valence-electron chi connectivity index (χ3n) is 3.65. The van der Waals surface area contributed by atoms with Gasteiger partial charge in [-0.05, 0) is 53.9 Å². The lowest BCUT2D eigenvalue weighted by Crippen LogP contribution is -2.49. The molecule has 4 heteroatoms. The fourth-order valence-electron chi connectivity index (χ4n) is 2.82. The third-order valence-corrected chi connectivity index (χ3v) is 3.65. The predicted molar refractivity (Wildman–Crippen MR) is 84.2 cm³/mol. The highest BCUT2D eigenvalue weighted by atomic mass is 16.5. The van der Waals surface area contributed by atoms with Crippen molar-refractivity contribution in [3.05, 3.63) is 0 Å². The van der Waals surface area contributed by atoms with Crippen LogP contribution < -0.4 is 10.6 Å². The molecule has 0 spiro atoms. The molecule has 0 aromatic carbocycles. The molecule has 4 nitrogen and oxygen atoms in total. The highest BCUT2D eigenvalue weighted by molar-refractivity contribution is 4.87. The van der Waals surface area contributed by atoms with Gasteiger partial charge in [-0.1, -0.05) is 0 Å². The number of nitrogens with one attached hydrogen (secondary N) is 2. The van der Waals surface area contributed by atoms with Gasteiger partial charge in [0.25, 0.3) is 0 Å². The molecule has 1 aliphatic rings. The zero-order valence-electron chi connectivity index (χ0n) is 14.2. The van der Waals surface area contributed by atoms with Gasteiger partial charge in [-0.2, -0.15) is 0 Å². The van der Waals surface area contributed by atoms with Gasteiger partial charge in [0.05, 0.1) is 13.2 Å². The van der Waals surface area contributed by atoms with Crippen molar-refractivity contribution >= 4 is 0 Å². The first-order chi connectivity index (χ1) is 9.22. The topological polar surface area (TPSA) is 42.5 Å². The van der Waals surface area contributed by atoms with Gasteiger partial charge in [-0.15, -0.1) is 0 Å². The second-order valence-electron chi connectivity index (χ2n) is 7.67. The third kappa shape index (κ3) is 7.58. The number of hydrogen-bond donors (Lipinski definition) is 2. The average Bonchev–Trinajstić information content (AvgIpc) is 2.76. The Morgan fingerprint density at radius 2 is 1.95 bits per heavy atom. The lowest BCUT2D eigenvalue weighted by molar-refractivity contribution is 0.140. The van der Waals surface area contributed by atoms with Crippen molar-refractivity contribution in [3.8, 4) is 0 Å². The first-order valence-electron chi connectivity index (χ1n) is 7.84. The van der Waals surface area contributed by atoms with E-state index in [4.69, 9.17) is 9.47 Å². The summed E-state index contributed by atoms with van der Waals surface area (Å²) < 4.78 is 10.8. The van der Waals surface area contributed by atoms with Gasteiger partial charge >= 0.3 is 0 Å². The Morgan fingerprint density at radius 1 is 1.25 bits per heavy atom. The normalized spacial score (nSPS) is 22.2. The lowest BCUT2D eigenvalue weighted by atomic mass is 9.93. The van der Waals surface area contributed by atoms with E-state index >= 15 is 0 Å². The fraction of sp³-hybridized carbons (Fsp3) is 1.00. The number of hydrogen-bond acceptors (Lipinski definition) is 4. The standard InChI is InChI=1S/C16H34N2O2/c1-15(2,3)17-13(11-19-6)7-9-16(4,5)18-14-8-10-20-12-14/h13-14,17-18H,7-12H2,1-6H3. The van der Waals surface area contributed by atoms with Crippen LogP contribution in [-0.2, 0) is 9.47 Å². The van der Waals surface area contributed by atoms with Gasteiger partial charge in [0.15, 0.2) is 0 Å². The molecule has 1 rings (SSSR count). The highest BCUT2D eigenvalue weighted by Gasteiger charge is 2.26. The maximum Gasteiger partial charge on any atom is 0.0620 e. The summed E-state index contributed by atoms with van der Waals surface area (Å²) in [7, 11) is 1.77. The first kappa shape index (κ1) is 17.9. The van der Waals surface area contributed by atoms with E-state index in [2.05, 4.69) is 45.3 Å². The summed E-state index contributed by atoms with van der Waals surface area (Å²) in [5, 5.41) is 7.37. The van der Waals surface area contributed by atoms with Gasteiger partial charge in [0.2, 0.25) is 0 Å². The van der Waals surface area contributed by atoms with Crippen LogP contribution in [0.4, 0.5) is 0 Å². The first-order valence-corrected chi connectivity index (χ1v) is 7.84. The molecule has 0 aromatic heterocycles. The molecule has 0 amide bonds. The van der Waals surface area contributed by atoms with Crippen LogP contribution in [0, 0.1) is 0 Å². The van der Waals surface area contributed by atoms with Crippen LogP contribution >= 0.6 is 0 Å². The zero-order valence-corrected chi connectivity index (χ0v) is 14.2. The molecule has 2 unspecified atom stereocenters. The Hall–Kier alpha value is -0.160. The van der Waals surface area contributed by atoms with E-state index in [9.17, 15) is 0 Å². The van der Waals surface area contributed by atoms with Crippen molar-refractivity contribution in [1.82, 2.24) is 10.6 Å². The molecule has 2 N–H and O–H groups in total. The fourth-order valence-corrected chi connectivity index (χ4v) is 2.82. The molecule has 0 radical (unpaired) electrons. The molecule has 20 heavy (non-hydrogen) atoms. The van der Waals surface area contributed by atoms with E-state index < -0.39 is 0 Å². The molecule has 2 atom stereocenters. The second kappa shape index (κ2) is 7.74. The zero-order chi connectivity index (χ0) is 15.2. The Kier molecular flexibility index (Phi) is 6.92. The molecule has 0 bridgehead atoms. The smallest absolute Gasteiger partial charge is 0.0620 e. The summed E-state index contributed by atoms with van der Waals surface area (Å²) in [6.07, 6.45) is 3.37. The summed E-state index contributed by atoms with van der Waals surface area (Å²) in [5.74, 6) is 0. The quantitative estimate of drug-likeness (QED) is 0.719. The predicted octanol–water partition coefficient (Wildman–Crippen LogP) is 2.33. The Morgan fingerprint density at radius 3 is 2.45 bits per heavy atom. The minimum Gasteiger partial charge on any atom is -0.383 e. The summed E-state index contributed by atoms with van der Waals surface area (Å²) in [6.45, 7) is 13.7. The largest absolute Gasteiger partial charge is 0.383 e. The molecule has 0 aliphatic carbocycles. The second-order valence-corrected chi connectivity index (χ2v) is 7.67. The van der Waals surface area contributed by atoms with Crippen LogP contribution in [-0.4, -0.2) is 50.1 Å². The lowest BCUT2D eigenvalue weighted by Gasteiger charge is -2.33. The van der Waals surface area contributed by atoms with Crippen molar-refractivity contribution < 1.29 is 9.47 Å². The van der Waals surface area contributed by atoms with Crippen LogP contribution in [0.25, 0.3) is 0 Å². The van der Waals surface area contributed by atoms with Gasteiger partial charge < -0.3 is 20.1 Å². The molecule has 0 saturated carbocycles. The minimum atomic E-state index is 0.125. The molecule has 120 valence electrons. The van der Waals surface area contributed by atoms with E-state index in [1.807, 2.05) is 0 Å². The number of methoxy groups -OCH3 is 1. The molecule has 1 fully saturated rings. The maximum atomic E-state index is 5.44. The van der Waals surface area contributed by atoms with Crippen molar-refractivity contribution in [1.29, 1.82) is 0 Å². The molecular weight excluding hydrogens is 252 g/mol. The van der Waals surface area contributed by atoms with Crippen molar-refractivity contribution in [3.63, 3.8) is 0 Å². The van der Waals surface area contributed by atoms with Crippen LogP contribution in [0.1, 0.15) is 53.9 Å². The van der Waals surface area contributed by atoms with E-state index in [-0.39, 0.29) is 11.1 Å². The van der Waals surface area contributed by atoms with E-state index in [1.54, 1.807) is 7.11 Å². The molecular formula is C16H34N2O2. The number of rotatable bonds is 8. The number of ether oxygens (including phenoxy) is 2. The van der Waals surface area contributed by atoms with Crippen LogP contribution in [0.2, 0.25) is 0 Å². The maximum absolute atomic E-state index is 5.44. The molecule has 0 aromatic rings. The van der Waals surface area contributed by atoms with E-state index in [1.165, 1.54) is 0 Å². The molecule has 1 saturated heterocycles.